The zero-order valence-corrected chi connectivity index (χ0v) is 19.8. The Labute approximate surface area is 165 Å². The first-order chi connectivity index (χ1) is 11.8. The molecule has 1 atom stereocenters. The van der Waals surface area contributed by atoms with Crippen LogP contribution < -0.4 is 0 Å². The van der Waals surface area contributed by atoms with Crippen molar-refractivity contribution in [1.82, 2.24) is 0 Å². The van der Waals surface area contributed by atoms with E-state index < -0.39 is 24.4 Å². The van der Waals surface area contributed by atoms with Gasteiger partial charge in [0.05, 0.1) is 12.2 Å². The molecule has 0 radical (unpaired) electrons. The first kappa shape index (κ1) is 26.7. The lowest BCUT2D eigenvalue weighted by Crippen LogP contribution is -2.52. The third-order valence-corrected chi connectivity index (χ3v) is 6.51. The van der Waals surface area contributed by atoms with Crippen LogP contribution in [0.4, 0.5) is 0 Å². The van der Waals surface area contributed by atoms with Gasteiger partial charge in [-0.1, -0.05) is 48.0 Å². The summed E-state index contributed by atoms with van der Waals surface area (Å²) in [5.41, 5.74) is -2.79. The molecule has 0 aliphatic heterocycles. The molecule has 7 heteroatoms. The smallest absolute Gasteiger partial charge is 0.368 e. The third kappa shape index (κ3) is 7.94. The maximum Gasteiger partial charge on any atom is 0.470 e. The second kappa shape index (κ2) is 9.04. The summed E-state index contributed by atoms with van der Waals surface area (Å²) in [5, 5.41) is 0. The summed E-state index contributed by atoms with van der Waals surface area (Å²) in [6.07, 6.45) is 1.90. The van der Waals surface area contributed by atoms with E-state index in [1.54, 1.807) is 27.7 Å². The average molecular weight is 409 g/mol. The average Bonchev–Trinajstić information content (AvgIpc) is 2.42. The van der Waals surface area contributed by atoms with Crippen LogP contribution in [0.15, 0.2) is 0 Å². The van der Waals surface area contributed by atoms with Crippen molar-refractivity contribution in [3.05, 3.63) is 0 Å². The molecule has 0 aromatic rings. The largest absolute Gasteiger partial charge is 0.470 e. The first-order valence-electron chi connectivity index (χ1n) is 9.75. The van der Waals surface area contributed by atoms with Crippen molar-refractivity contribution in [3.63, 3.8) is 0 Å². The second-order valence-electron chi connectivity index (χ2n) is 9.95. The SMILES string of the molecule is CCC(C)(C)C(C)(CC(C)C)C(=O)C(C)(C)OCCC(C)(C)OP(=O)(O)O. The minimum Gasteiger partial charge on any atom is -0.368 e. The van der Waals surface area contributed by atoms with Gasteiger partial charge >= 0.3 is 7.82 Å². The molecule has 0 rings (SSSR count). The van der Waals surface area contributed by atoms with Crippen molar-refractivity contribution in [2.24, 2.45) is 16.7 Å². The van der Waals surface area contributed by atoms with E-state index in [-0.39, 0.29) is 24.2 Å². The lowest BCUT2D eigenvalue weighted by molar-refractivity contribution is -0.160. The number of phosphoric ester groups is 1. The number of hydrogen-bond acceptors (Lipinski definition) is 4. The van der Waals surface area contributed by atoms with E-state index >= 15 is 0 Å². The van der Waals surface area contributed by atoms with Gasteiger partial charge in [0, 0.05) is 5.41 Å². The van der Waals surface area contributed by atoms with Crippen LogP contribution in [0.25, 0.3) is 0 Å². The number of ether oxygens (including phenoxy) is 1. The van der Waals surface area contributed by atoms with Crippen molar-refractivity contribution in [3.8, 4) is 0 Å². The zero-order valence-electron chi connectivity index (χ0n) is 18.9. The normalized spacial score (nSPS) is 16.5. The van der Waals surface area contributed by atoms with Crippen LogP contribution in [-0.2, 0) is 18.6 Å². The summed E-state index contributed by atoms with van der Waals surface area (Å²) in [5.74, 6) is 0.431. The van der Waals surface area contributed by atoms with E-state index in [2.05, 4.69) is 34.6 Å². The Bertz CT molecular complexity index is 547. The lowest BCUT2D eigenvalue weighted by Gasteiger charge is -2.47. The van der Waals surface area contributed by atoms with Crippen LogP contribution in [0.5, 0.6) is 0 Å². The highest BCUT2D eigenvalue weighted by Crippen LogP contribution is 2.49. The third-order valence-electron chi connectivity index (χ3n) is 5.78. The van der Waals surface area contributed by atoms with Gasteiger partial charge in [-0.3, -0.25) is 9.32 Å². The van der Waals surface area contributed by atoms with Gasteiger partial charge < -0.3 is 14.5 Å². The van der Waals surface area contributed by atoms with E-state index in [0.29, 0.717) is 5.92 Å². The number of rotatable bonds is 12. The highest BCUT2D eigenvalue weighted by Gasteiger charge is 2.51. The molecule has 1 unspecified atom stereocenters. The van der Waals surface area contributed by atoms with Crippen LogP contribution in [0.1, 0.15) is 88.5 Å². The summed E-state index contributed by atoms with van der Waals surface area (Å²) in [6, 6.07) is 0. The van der Waals surface area contributed by atoms with Gasteiger partial charge in [0.2, 0.25) is 0 Å². The topological polar surface area (TPSA) is 93.1 Å². The van der Waals surface area contributed by atoms with Gasteiger partial charge in [-0.25, -0.2) is 4.57 Å². The van der Waals surface area contributed by atoms with Crippen molar-refractivity contribution in [2.75, 3.05) is 6.61 Å². The van der Waals surface area contributed by atoms with Crippen LogP contribution in [0.2, 0.25) is 0 Å². The van der Waals surface area contributed by atoms with Gasteiger partial charge in [0.15, 0.2) is 5.78 Å². The van der Waals surface area contributed by atoms with Gasteiger partial charge in [0.1, 0.15) is 5.60 Å². The fourth-order valence-corrected chi connectivity index (χ4v) is 4.27. The number of hydrogen-bond donors (Lipinski definition) is 2. The Balaban J connectivity index is 5.31. The fraction of sp³-hybridized carbons (Fsp3) is 0.950. The monoisotopic (exact) mass is 408 g/mol. The van der Waals surface area contributed by atoms with E-state index in [0.717, 1.165) is 12.8 Å². The molecule has 0 aromatic carbocycles. The molecule has 0 fully saturated rings. The molecule has 2 N–H and O–H groups in total. The van der Waals surface area contributed by atoms with Gasteiger partial charge in [0.25, 0.3) is 0 Å². The number of ketones is 1. The molecule has 0 aliphatic rings. The molecule has 0 heterocycles. The fourth-order valence-electron chi connectivity index (χ4n) is 3.53. The van der Waals surface area contributed by atoms with Crippen molar-refractivity contribution >= 4 is 13.6 Å². The predicted octanol–water partition coefficient (Wildman–Crippen LogP) is 5.12. The number of carbonyl (C=O) groups is 1. The maximum atomic E-state index is 13.5. The number of carbonyl (C=O) groups excluding carboxylic acids is 1. The zero-order chi connectivity index (χ0) is 21.9. The summed E-state index contributed by atoms with van der Waals surface area (Å²) in [4.78, 5) is 31.5. The molecular weight excluding hydrogens is 367 g/mol. The molecular formula is C20H41O6P. The summed E-state index contributed by atoms with van der Waals surface area (Å²) in [6.45, 7) is 19.5. The Morgan fingerprint density at radius 1 is 1.04 bits per heavy atom. The van der Waals surface area contributed by atoms with Gasteiger partial charge in [-0.05, 0) is 51.9 Å². The molecule has 0 saturated carbocycles. The molecule has 162 valence electrons. The summed E-state index contributed by atoms with van der Waals surface area (Å²) in [7, 11) is -4.58. The quantitative estimate of drug-likeness (QED) is 0.436. The Kier molecular flexibility index (Phi) is 8.96. The highest BCUT2D eigenvalue weighted by atomic mass is 31.2. The molecule has 27 heavy (non-hydrogen) atoms. The van der Waals surface area contributed by atoms with Crippen LogP contribution in [-0.4, -0.2) is 33.4 Å². The second-order valence-corrected chi connectivity index (χ2v) is 11.1. The summed E-state index contributed by atoms with van der Waals surface area (Å²) < 4.78 is 21.8. The molecule has 0 amide bonds. The van der Waals surface area contributed by atoms with E-state index in [1.165, 1.54) is 0 Å². The highest BCUT2D eigenvalue weighted by molar-refractivity contribution is 7.46. The molecule has 0 bridgehead atoms. The summed E-state index contributed by atoms with van der Waals surface area (Å²) >= 11 is 0. The Hall–Kier alpha value is -0.260. The molecule has 0 saturated heterocycles. The minimum absolute atomic E-state index is 0.0595. The van der Waals surface area contributed by atoms with E-state index in [4.69, 9.17) is 19.0 Å². The molecule has 6 nitrogen and oxygen atoms in total. The lowest BCUT2D eigenvalue weighted by atomic mass is 9.57. The Morgan fingerprint density at radius 2 is 1.52 bits per heavy atom. The molecule has 0 aromatic heterocycles. The number of Topliss-reactive ketones (excluding diaryl/α,β-unsaturated/α-hetero) is 1. The standard InChI is InChI=1S/C20H41O6P/c1-11-17(4,5)20(10,14-15(2)3)16(21)19(8,9)25-13-12-18(6,7)26-27(22,23)24/h15H,11-14H2,1-10H3,(H2,22,23,24). The van der Waals surface area contributed by atoms with Gasteiger partial charge in [-0.15, -0.1) is 0 Å². The first-order valence-corrected chi connectivity index (χ1v) is 11.3. The molecule has 0 aliphatic carbocycles. The van der Waals surface area contributed by atoms with E-state index in [9.17, 15) is 9.36 Å². The van der Waals surface area contributed by atoms with Crippen LogP contribution in [0, 0.1) is 16.7 Å². The predicted molar refractivity (Wildman–Crippen MR) is 108 cm³/mol. The Morgan fingerprint density at radius 3 is 1.89 bits per heavy atom. The van der Waals surface area contributed by atoms with Crippen molar-refractivity contribution in [1.29, 1.82) is 0 Å². The van der Waals surface area contributed by atoms with E-state index in [1.807, 2.05) is 6.92 Å². The minimum atomic E-state index is -4.58. The van der Waals surface area contributed by atoms with Crippen molar-refractivity contribution < 1.29 is 28.4 Å². The van der Waals surface area contributed by atoms with Crippen LogP contribution in [0.3, 0.4) is 0 Å². The van der Waals surface area contributed by atoms with Gasteiger partial charge in [-0.2, -0.15) is 0 Å². The number of phosphoric acid groups is 1. The maximum absolute atomic E-state index is 13.5. The van der Waals surface area contributed by atoms with Crippen LogP contribution >= 0.6 is 7.82 Å². The van der Waals surface area contributed by atoms with Crippen molar-refractivity contribution in [2.45, 2.75) is 99.7 Å². The molecule has 0 spiro atoms.